The first-order valence-electron chi connectivity index (χ1n) is 13.8. The smallest absolute Gasteiger partial charge is 0.444 e. The van der Waals surface area contributed by atoms with Crippen LogP contribution >= 0.6 is 7.60 Å². The summed E-state index contributed by atoms with van der Waals surface area (Å²) in [4.78, 5) is 0. The van der Waals surface area contributed by atoms with E-state index in [0.29, 0.717) is 11.5 Å². The van der Waals surface area contributed by atoms with Crippen molar-refractivity contribution in [1.29, 1.82) is 0 Å². The highest BCUT2D eigenvalue weighted by Crippen LogP contribution is 2.48. The molecule has 7 heteroatoms. The summed E-state index contributed by atoms with van der Waals surface area (Å²) in [5.41, 5.74) is 1.81. The van der Waals surface area contributed by atoms with Gasteiger partial charge in [0.25, 0.3) is 0 Å². The fourth-order valence-corrected chi connectivity index (χ4v) is 6.32. The SMILES string of the molecule is COc1ccc(C(OC(C)NCP(=O)(Oc2ccccc2)Oc2ccccc2)(c2ccccc2)c2ccccc2)cc1. The molecule has 5 aromatic carbocycles. The first-order chi connectivity index (χ1) is 20.5. The van der Waals surface area contributed by atoms with E-state index in [1.807, 2.05) is 128 Å². The van der Waals surface area contributed by atoms with Crippen LogP contribution in [-0.2, 0) is 14.9 Å². The molecule has 42 heavy (non-hydrogen) atoms. The summed E-state index contributed by atoms with van der Waals surface area (Å²) in [6, 6.07) is 46.0. The van der Waals surface area contributed by atoms with E-state index in [9.17, 15) is 4.57 Å². The third-order valence-corrected chi connectivity index (χ3v) is 8.31. The summed E-state index contributed by atoms with van der Waals surface area (Å²) in [5.74, 6) is 1.65. The molecular weight excluding hydrogens is 545 g/mol. The van der Waals surface area contributed by atoms with Crippen molar-refractivity contribution in [2.75, 3.05) is 13.4 Å². The molecule has 0 radical (unpaired) electrons. The fraction of sp³-hybridized carbons (Fsp3) is 0.143. The third kappa shape index (κ3) is 6.92. The lowest BCUT2D eigenvalue weighted by molar-refractivity contribution is -0.0521. The van der Waals surface area contributed by atoms with Gasteiger partial charge in [0.2, 0.25) is 0 Å². The highest BCUT2D eigenvalue weighted by molar-refractivity contribution is 7.54. The molecule has 0 heterocycles. The predicted molar refractivity (Wildman–Crippen MR) is 166 cm³/mol. The van der Waals surface area contributed by atoms with Crippen molar-refractivity contribution in [3.8, 4) is 17.2 Å². The number of methoxy groups -OCH3 is 1. The molecule has 0 saturated carbocycles. The van der Waals surface area contributed by atoms with E-state index < -0.39 is 19.4 Å². The van der Waals surface area contributed by atoms with Crippen LogP contribution in [0.15, 0.2) is 146 Å². The minimum Gasteiger partial charge on any atom is -0.497 e. The Morgan fingerprint density at radius 1 is 0.595 bits per heavy atom. The van der Waals surface area contributed by atoms with Gasteiger partial charge in [0.15, 0.2) is 0 Å². The van der Waals surface area contributed by atoms with Crippen LogP contribution in [0.4, 0.5) is 0 Å². The van der Waals surface area contributed by atoms with Gasteiger partial charge in [-0.05, 0) is 60.0 Å². The van der Waals surface area contributed by atoms with Gasteiger partial charge in [0.05, 0.1) is 7.11 Å². The van der Waals surface area contributed by atoms with Gasteiger partial charge >= 0.3 is 7.60 Å². The Morgan fingerprint density at radius 2 is 1.00 bits per heavy atom. The Bertz CT molecular complexity index is 1480. The largest absolute Gasteiger partial charge is 0.497 e. The van der Waals surface area contributed by atoms with E-state index in [4.69, 9.17) is 18.5 Å². The highest BCUT2D eigenvalue weighted by Gasteiger charge is 2.40. The Labute approximate surface area is 247 Å². The Kier molecular flexibility index (Phi) is 9.40. The molecule has 0 aliphatic rings. The number of nitrogens with one attached hydrogen (secondary N) is 1. The number of rotatable bonds is 13. The lowest BCUT2D eigenvalue weighted by Gasteiger charge is -2.38. The molecule has 5 rings (SSSR count). The van der Waals surface area contributed by atoms with Crippen LogP contribution < -0.4 is 19.1 Å². The molecule has 6 nitrogen and oxygen atoms in total. The fourth-order valence-electron chi connectivity index (χ4n) is 4.79. The molecule has 214 valence electrons. The standard InChI is InChI=1S/C35H34NO5P/c1-28(36-27-42(37,40-33-19-11-5-12-20-33)41-34-21-13-6-14-22-34)39-35(29-15-7-3-8-16-29,30-17-9-4-10-18-30)31-23-25-32(38-2)26-24-31/h3-26,28,36H,27H2,1-2H3. The molecule has 0 fully saturated rings. The van der Waals surface area contributed by atoms with Crippen LogP contribution in [-0.4, -0.2) is 19.6 Å². The van der Waals surface area contributed by atoms with Crippen molar-refractivity contribution < 1.29 is 23.1 Å². The Hall–Kier alpha value is -4.35. The van der Waals surface area contributed by atoms with Crippen molar-refractivity contribution in [1.82, 2.24) is 5.32 Å². The molecular formula is C35H34NO5P. The van der Waals surface area contributed by atoms with Gasteiger partial charge in [0.1, 0.15) is 35.4 Å². The molecule has 0 aliphatic heterocycles. The van der Waals surface area contributed by atoms with Crippen molar-refractivity contribution in [2.24, 2.45) is 0 Å². The molecule has 1 atom stereocenters. The normalized spacial score (nSPS) is 12.3. The average Bonchev–Trinajstić information content (AvgIpc) is 3.04. The van der Waals surface area contributed by atoms with E-state index in [2.05, 4.69) is 5.32 Å². The van der Waals surface area contributed by atoms with E-state index in [0.717, 1.165) is 22.4 Å². The van der Waals surface area contributed by atoms with E-state index in [1.54, 1.807) is 31.4 Å². The second-order valence-electron chi connectivity index (χ2n) is 9.68. The zero-order valence-corrected chi connectivity index (χ0v) is 24.5. The van der Waals surface area contributed by atoms with Crippen LogP contribution in [0.3, 0.4) is 0 Å². The van der Waals surface area contributed by atoms with Crippen molar-refractivity contribution in [2.45, 2.75) is 18.8 Å². The summed E-state index contributed by atoms with van der Waals surface area (Å²) in [6.45, 7) is 1.89. The topological polar surface area (TPSA) is 66.0 Å². The lowest BCUT2D eigenvalue weighted by Crippen LogP contribution is -2.42. The van der Waals surface area contributed by atoms with Gasteiger partial charge < -0.3 is 18.5 Å². The Morgan fingerprint density at radius 3 is 1.43 bits per heavy atom. The molecule has 0 aromatic heterocycles. The number of hydrogen-bond donors (Lipinski definition) is 1. The maximum atomic E-state index is 14.1. The summed E-state index contributed by atoms with van der Waals surface area (Å²) in [6.07, 6.45) is -0.681. The maximum Gasteiger partial charge on any atom is 0.444 e. The van der Waals surface area contributed by atoms with Gasteiger partial charge in [0, 0.05) is 0 Å². The number of ether oxygens (including phenoxy) is 2. The van der Waals surface area contributed by atoms with Crippen molar-refractivity contribution in [3.63, 3.8) is 0 Å². The molecule has 0 spiro atoms. The second kappa shape index (κ2) is 13.5. The molecule has 0 bridgehead atoms. The number of hydrogen-bond acceptors (Lipinski definition) is 6. The van der Waals surface area contributed by atoms with Crippen LogP contribution in [0.5, 0.6) is 17.2 Å². The van der Waals surface area contributed by atoms with Gasteiger partial charge in [-0.25, -0.2) is 4.57 Å². The average molecular weight is 580 g/mol. The number of para-hydroxylation sites is 2. The van der Waals surface area contributed by atoms with Crippen molar-refractivity contribution in [3.05, 3.63) is 162 Å². The number of benzene rings is 5. The third-order valence-electron chi connectivity index (χ3n) is 6.76. The molecule has 0 amide bonds. The zero-order chi connectivity index (χ0) is 29.3. The van der Waals surface area contributed by atoms with E-state index in [1.165, 1.54) is 0 Å². The molecule has 0 aliphatic carbocycles. The Balaban J connectivity index is 1.48. The molecule has 5 aromatic rings. The van der Waals surface area contributed by atoms with Gasteiger partial charge in [-0.15, -0.1) is 0 Å². The van der Waals surface area contributed by atoms with Crippen LogP contribution in [0.1, 0.15) is 23.6 Å². The minimum absolute atomic E-state index is 0.0970. The first-order valence-corrected chi connectivity index (χ1v) is 15.5. The van der Waals surface area contributed by atoms with E-state index >= 15 is 0 Å². The minimum atomic E-state index is -3.72. The van der Waals surface area contributed by atoms with Crippen LogP contribution in [0, 0.1) is 0 Å². The van der Waals surface area contributed by atoms with Gasteiger partial charge in [-0.1, -0.05) is 109 Å². The highest BCUT2D eigenvalue weighted by atomic mass is 31.2. The summed E-state index contributed by atoms with van der Waals surface area (Å²) in [5, 5.41) is 3.29. The molecule has 1 N–H and O–H groups in total. The van der Waals surface area contributed by atoms with Gasteiger partial charge in [-0.3, -0.25) is 5.32 Å². The second-order valence-corrected chi connectivity index (χ2v) is 11.6. The van der Waals surface area contributed by atoms with Crippen LogP contribution in [0.25, 0.3) is 0 Å². The lowest BCUT2D eigenvalue weighted by atomic mass is 9.80. The van der Waals surface area contributed by atoms with Crippen LogP contribution in [0.2, 0.25) is 0 Å². The summed E-state index contributed by atoms with van der Waals surface area (Å²) >= 11 is 0. The maximum absolute atomic E-state index is 14.1. The van der Waals surface area contributed by atoms with Gasteiger partial charge in [-0.2, -0.15) is 0 Å². The molecule has 0 saturated heterocycles. The quantitative estimate of drug-likeness (QED) is 0.0861. The summed E-state index contributed by atoms with van der Waals surface area (Å²) in [7, 11) is -2.07. The first kappa shape index (κ1) is 29.2. The van der Waals surface area contributed by atoms with E-state index in [-0.39, 0.29) is 6.29 Å². The molecule has 1 unspecified atom stereocenters. The van der Waals surface area contributed by atoms with Crippen molar-refractivity contribution >= 4 is 7.60 Å². The predicted octanol–water partition coefficient (Wildman–Crippen LogP) is 8.25. The zero-order valence-electron chi connectivity index (χ0n) is 23.6. The monoisotopic (exact) mass is 579 g/mol. The summed E-state index contributed by atoms with van der Waals surface area (Å²) < 4.78 is 38.5.